The summed E-state index contributed by atoms with van der Waals surface area (Å²) in [5.41, 5.74) is 2.53. The smallest absolute Gasteiger partial charge is 0.333 e. The number of phosphoric ester groups is 1. The van der Waals surface area contributed by atoms with E-state index in [1.54, 1.807) is 13.8 Å². The van der Waals surface area contributed by atoms with E-state index < -0.39 is 19.9 Å². The Kier molecular flexibility index (Phi) is 9.07. The van der Waals surface area contributed by atoms with Gasteiger partial charge in [-0.1, -0.05) is 13.5 Å². The Bertz CT molecular complexity index is 421. The van der Waals surface area contributed by atoms with Crippen LogP contribution in [0.2, 0.25) is 0 Å². The first-order valence-corrected chi connectivity index (χ1v) is 8.47. The van der Waals surface area contributed by atoms with E-state index in [0.29, 0.717) is 17.6 Å². The lowest BCUT2D eigenvalue weighted by atomic mass is 10.2. The Morgan fingerprint density at radius 3 is 2.45 bits per heavy atom. The van der Waals surface area contributed by atoms with Gasteiger partial charge in [0.2, 0.25) is 0 Å². The van der Waals surface area contributed by atoms with Crippen molar-refractivity contribution in [1.82, 2.24) is 5.48 Å². The lowest BCUT2D eigenvalue weighted by Gasteiger charge is -2.32. The molecule has 0 spiro atoms. The fourth-order valence-corrected chi connectivity index (χ4v) is 2.41. The maximum atomic E-state index is 11.7. The molecule has 0 aliphatic heterocycles. The summed E-state index contributed by atoms with van der Waals surface area (Å²) in [6.45, 7) is 7.48. The van der Waals surface area contributed by atoms with Gasteiger partial charge in [-0.25, -0.2) is 9.42 Å². The van der Waals surface area contributed by atoms with E-state index in [4.69, 9.17) is 9.26 Å². The summed E-state index contributed by atoms with van der Waals surface area (Å²) in [4.78, 5) is 23.0. The Labute approximate surface area is 132 Å². The summed E-state index contributed by atoms with van der Waals surface area (Å²) < 4.78 is 26.7. The number of esters is 1. The van der Waals surface area contributed by atoms with Gasteiger partial charge in [-0.3, -0.25) is 4.57 Å². The van der Waals surface area contributed by atoms with Crippen LogP contribution in [-0.4, -0.2) is 57.4 Å². The number of hydrogen-bond donors (Lipinski definition) is 1. The average Bonchev–Trinajstić information content (AvgIpc) is 2.33. The molecule has 0 bridgehead atoms. The molecule has 0 saturated heterocycles. The number of nitrogens with one attached hydrogen (secondary N) is 1. The summed E-state index contributed by atoms with van der Waals surface area (Å²) in [6.07, 6.45) is -0.434. The second-order valence-corrected chi connectivity index (χ2v) is 7.23. The number of carbonyl (C=O) groups is 1. The summed E-state index contributed by atoms with van der Waals surface area (Å²) >= 11 is 0. The highest BCUT2D eigenvalue weighted by molar-refractivity contribution is 7.45. The Morgan fingerprint density at radius 2 is 2.00 bits per heavy atom. The molecule has 0 amide bonds. The van der Waals surface area contributed by atoms with Crippen LogP contribution in [0.4, 0.5) is 0 Å². The van der Waals surface area contributed by atoms with Crippen LogP contribution < -0.4 is 10.4 Å². The van der Waals surface area contributed by atoms with Gasteiger partial charge >= 0.3 is 5.97 Å². The molecular formula is C13H27N2O6P. The normalized spacial score (nSPS) is 15.9. The van der Waals surface area contributed by atoms with Gasteiger partial charge < -0.3 is 18.6 Å². The zero-order valence-corrected chi connectivity index (χ0v) is 14.9. The van der Waals surface area contributed by atoms with Crippen molar-refractivity contribution in [3.8, 4) is 0 Å². The summed E-state index contributed by atoms with van der Waals surface area (Å²) in [7, 11) is 1.24. The van der Waals surface area contributed by atoms with E-state index in [0.717, 1.165) is 0 Å². The molecule has 0 saturated carbocycles. The molecule has 1 N–H and O–H groups in total. The van der Waals surface area contributed by atoms with Crippen molar-refractivity contribution in [3.05, 3.63) is 12.2 Å². The minimum Gasteiger partial charge on any atom is -0.755 e. The third kappa shape index (κ3) is 10.9. The number of hydrogen-bond acceptors (Lipinski definition) is 7. The first kappa shape index (κ1) is 21.2. The molecule has 0 aromatic carbocycles. The van der Waals surface area contributed by atoms with Gasteiger partial charge in [0.1, 0.15) is 12.6 Å². The Morgan fingerprint density at radius 1 is 1.41 bits per heavy atom. The molecule has 0 fully saturated rings. The number of phosphoric acid groups is 1. The number of rotatable bonds is 11. The Balaban J connectivity index is 4.59. The van der Waals surface area contributed by atoms with Crippen molar-refractivity contribution < 1.29 is 32.6 Å². The third-order valence-electron chi connectivity index (χ3n) is 2.37. The number of likely N-dealkylation sites (N-methyl/N-ethyl adjacent to an activating group) is 1. The van der Waals surface area contributed by atoms with Crippen LogP contribution in [0.5, 0.6) is 0 Å². The highest BCUT2D eigenvalue weighted by atomic mass is 31.2. The minimum absolute atomic E-state index is 0.0393. The molecular weight excluding hydrogens is 311 g/mol. The minimum atomic E-state index is -4.46. The number of hydroxylamine groups is 1. The first-order valence-electron chi connectivity index (χ1n) is 7.01. The van der Waals surface area contributed by atoms with Crippen molar-refractivity contribution >= 4 is 13.8 Å². The van der Waals surface area contributed by atoms with Crippen LogP contribution in [-0.2, 0) is 23.2 Å². The van der Waals surface area contributed by atoms with Crippen LogP contribution in [0, 0.1) is 0 Å². The summed E-state index contributed by atoms with van der Waals surface area (Å²) in [5, 5.41) is 0. The van der Waals surface area contributed by atoms with Crippen molar-refractivity contribution in [2.45, 2.75) is 26.4 Å². The molecule has 2 unspecified atom stereocenters. The highest BCUT2D eigenvalue weighted by Crippen LogP contribution is 2.39. The summed E-state index contributed by atoms with van der Waals surface area (Å²) in [5.74, 6) is -0.516. The van der Waals surface area contributed by atoms with E-state index in [-0.39, 0.29) is 18.6 Å². The number of nitrogens with zero attached hydrogens (tertiary/aromatic N) is 1. The van der Waals surface area contributed by atoms with Crippen molar-refractivity contribution in [2.75, 3.05) is 40.8 Å². The maximum absolute atomic E-state index is 11.7. The largest absolute Gasteiger partial charge is 0.755 e. The molecule has 0 aromatic heterocycles. The van der Waals surface area contributed by atoms with Crippen molar-refractivity contribution in [1.29, 1.82) is 0 Å². The number of carbonyl (C=O) groups excluding carboxylic acids is 1. The molecule has 22 heavy (non-hydrogen) atoms. The van der Waals surface area contributed by atoms with Crippen LogP contribution in [0.25, 0.3) is 0 Å². The van der Waals surface area contributed by atoms with E-state index in [2.05, 4.69) is 16.7 Å². The quantitative estimate of drug-likeness (QED) is 0.194. The zero-order chi connectivity index (χ0) is 17.4. The van der Waals surface area contributed by atoms with Gasteiger partial charge in [-0.2, -0.15) is 5.48 Å². The van der Waals surface area contributed by atoms with E-state index in [1.807, 2.05) is 21.1 Å². The van der Waals surface area contributed by atoms with Crippen LogP contribution in [0.1, 0.15) is 20.3 Å². The van der Waals surface area contributed by atoms with Gasteiger partial charge in [0, 0.05) is 18.5 Å². The van der Waals surface area contributed by atoms with Gasteiger partial charge in [0.25, 0.3) is 7.82 Å². The van der Waals surface area contributed by atoms with Crippen LogP contribution in [0.15, 0.2) is 12.2 Å². The highest BCUT2D eigenvalue weighted by Gasteiger charge is 2.24. The number of quaternary nitrogens is 1. The molecule has 0 heterocycles. The molecule has 0 aromatic rings. The molecule has 9 heteroatoms. The summed E-state index contributed by atoms with van der Waals surface area (Å²) in [6, 6.07) is 0. The molecule has 0 aliphatic carbocycles. The van der Waals surface area contributed by atoms with Gasteiger partial charge in [-0.05, 0) is 6.92 Å². The van der Waals surface area contributed by atoms with E-state index >= 15 is 0 Å². The lowest BCUT2D eigenvalue weighted by molar-refractivity contribution is -0.873. The van der Waals surface area contributed by atoms with Crippen LogP contribution in [0.3, 0.4) is 0 Å². The lowest BCUT2D eigenvalue weighted by Crippen LogP contribution is -2.43. The SMILES string of the molecule is C=C(C)C(=O)OCCC(C[N+](C)(C)C)OP(=O)([O-])ONCC. The van der Waals surface area contributed by atoms with Gasteiger partial charge in [0.05, 0.1) is 27.7 Å². The van der Waals surface area contributed by atoms with Crippen LogP contribution >= 0.6 is 7.82 Å². The van der Waals surface area contributed by atoms with Gasteiger partial charge in [0.15, 0.2) is 0 Å². The first-order chi connectivity index (χ1) is 9.97. The second-order valence-electron chi connectivity index (χ2n) is 5.94. The molecule has 0 aliphatic rings. The monoisotopic (exact) mass is 338 g/mol. The topological polar surface area (TPSA) is 96.9 Å². The Hall–Kier alpha value is -0.760. The molecule has 8 nitrogen and oxygen atoms in total. The fraction of sp³-hybridized carbons (Fsp3) is 0.769. The maximum Gasteiger partial charge on any atom is 0.333 e. The fourth-order valence-electron chi connectivity index (χ4n) is 1.54. The standard InChI is InChI=1S/C13H27N2O6P/c1-7-14-21-22(17,18)20-12(10-15(4,5)6)8-9-19-13(16)11(2)3/h12,14H,2,7-10H2,1,3-6H3. The molecule has 130 valence electrons. The zero-order valence-electron chi connectivity index (χ0n) is 14.0. The predicted molar refractivity (Wildman–Crippen MR) is 80.5 cm³/mol. The predicted octanol–water partition coefficient (Wildman–Crippen LogP) is 0.597. The van der Waals surface area contributed by atoms with E-state index in [9.17, 15) is 14.3 Å². The molecule has 0 rings (SSSR count). The van der Waals surface area contributed by atoms with Crippen molar-refractivity contribution in [2.24, 2.45) is 0 Å². The molecule has 2 atom stereocenters. The second kappa shape index (κ2) is 9.39. The van der Waals surface area contributed by atoms with E-state index in [1.165, 1.54) is 0 Å². The third-order valence-corrected chi connectivity index (χ3v) is 3.28. The average molecular weight is 338 g/mol. The van der Waals surface area contributed by atoms with Crippen molar-refractivity contribution in [3.63, 3.8) is 0 Å². The molecule has 0 radical (unpaired) electrons. The number of ether oxygens (including phenoxy) is 1. The van der Waals surface area contributed by atoms with Gasteiger partial charge in [-0.15, -0.1) is 0 Å².